The Labute approximate surface area is 184 Å². The van der Waals surface area contributed by atoms with E-state index >= 15 is 0 Å². The average Bonchev–Trinajstić information content (AvgIpc) is 3.09. The van der Waals surface area contributed by atoms with Crippen LogP contribution in [0.4, 0.5) is 10.1 Å². The summed E-state index contributed by atoms with van der Waals surface area (Å²) in [6.07, 6.45) is 7.26. The molecule has 2 aliphatic rings. The van der Waals surface area contributed by atoms with Crippen molar-refractivity contribution in [1.82, 2.24) is 4.98 Å². The topological polar surface area (TPSA) is 70.5 Å². The normalized spacial score (nSPS) is 19.8. The number of anilines is 1. The van der Waals surface area contributed by atoms with Crippen LogP contribution >= 0.6 is 0 Å². The molecule has 160 valence electrons. The number of nitrogens with zero attached hydrogens (tertiary/aromatic N) is 2. The van der Waals surface area contributed by atoms with Crippen LogP contribution in [-0.2, 0) is 22.4 Å². The highest BCUT2D eigenvalue weighted by atomic mass is 19.1. The van der Waals surface area contributed by atoms with E-state index in [1.54, 1.807) is 36.7 Å². The van der Waals surface area contributed by atoms with E-state index in [-0.39, 0.29) is 17.0 Å². The number of halogens is 1. The fraction of sp³-hybridized carbons (Fsp3) is 0.192. The SMILES string of the molecule is O=C1C(=O)N(c2cccc(F)c2)C(c2cccnc2)/C1=C(/O)c1ccc2c(c1)CCCC2. The number of fused-ring (bicyclic) bond motifs is 1. The molecule has 1 aromatic heterocycles. The Balaban J connectivity index is 1.69. The fourth-order valence-corrected chi connectivity index (χ4v) is 4.61. The van der Waals surface area contributed by atoms with Crippen molar-refractivity contribution in [3.63, 3.8) is 0 Å². The van der Waals surface area contributed by atoms with Crippen LogP contribution in [0.3, 0.4) is 0 Å². The molecule has 1 aliphatic carbocycles. The summed E-state index contributed by atoms with van der Waals surface area (Å²) in [4.78, 5) is 31.6. The summed E-state index contributed by atoms with van der Waals surface area (Å²) in [5, 5.41) is 11.2. The van der Waals surface area contributed by atoms with E-state index in [4.69, 9.17) is 0 Å². The first kappa shape index (κ1) is 20.1. The minimum atomic E-state index is -0.915. The van der Waals surface area contributed by atoms with Crippen molar-refractivity contribution >= 4 is 23.1 Å². The minimum absolute atomic E-state index is 0.0250. The zero-order valence-electron chi connectivity index (χ0n) is 17.3. The lowest BCUT2D eigenvalue weighted by Gasteiger charge is -2.25. The van der Waals surface area contributed by atoms with Gasteiger partial charge >= 0.3 is 0 Å². The van der Waals surface area contributed by atoms with Crippen LogP contribution in [0.1, 0.15) is 41.1 Å². The quantitative estimate of drug-likeness (QED) is 0.372. The second-order valence-corrected chi connectivity index (χ2v) is 8.13. The second-order valence-electron chi connectivity index (χ2n) is 8.13. The number of Topliss-reactive ketones (excluding diaryl/α,β-unsaturated/α-hetero) is 1. The van der Waals surface area contributed by atoms with Gasteiger partial charge in [-0.3, -0.25) is 19.5 Å². The van der Waals surface area contributed by atoms with Gasteiger partial charge < -0.3 is 5.11 Å². The third-order valence-corrected chi connectivity index (χ3v) is 6.15. The maximum absolute atomic E-state index is 14.0. The Hall–Kier alpha value is -3.80. The van der Waals surface area contributed by atoms with Crippen molar-refractivity contribution in [3.05, 3.63) is 101 Å². The van der Waals surface area contributed by atoms with Crippen LogP contribution in [0, 0.1) is 5.82 Å². The van der Waals surface area contributed by atoms with E-state index in [0.717, 1.165) is 31.2 Å². The number of hydrogen-bond acceptors (Lipinski definition) is 4. The molecule has 1 unspecified atom stereocenters. The summed E-state index contributed by atoms with van der Waals surface area (Å²) in [7, 11) is 0. The van der Waals surface area contributed by atoms with Crippen molar-refractivity contribution in [1.29, 1.82) is 0 Å². The number of amides is 1. The molecule has 1 atom stereocenters. The summed E-state index contributed by atoms with van der Waals surface area (Å²) in [5.41, 5.74) is 3.66. The second kappa shape index (κ2) is 8.04. The zero-order chi connectivity index (χ0) is 22.2. The maximum Gasteiger partial charge on any atom is 0.300 e. The van der Waals surface area contributed by atoms with Gasteiger partial charge in [0.1, 0.15) is 11.6 Å². The van der Waals surface area contributed by atoms with Crippen molar-refractivity contribution in [2.24, 2.45) is 0 Å². The number of ketones is 1. The van der Waals surface area contributed by atoms with Gasteiger partial charge in [-0.15, -0.1) is 0 Å². The van der Waals surface area contributed by atoms with Gasteiger partial charge in [-0.05, 0) is 72.7 Å². The molecule has 0 bridgehead atoms. The highest BCUT2D eigenvalue weighted by Gasteiger charge is 2.47. The highest BCUT2D eigenvalue weighted by molar-refractivity contribution is 6.51. The van der Waals surface area contributed by atoms with E-state index in [9.17, 15) is 19.1 Å². The number of carbonyl (C=O) groups excluding carboxylic acids is 2. The number of aliphatic hydroxyl groups excluding tert-OH is 1. The smallest absolute Gasteiger partial charge is 0.300 e. The van der Waals surface area contributed by atoms with Gasteiger partial charge in [0.2, 0.25) is 0 Å². The molecule has 1 aliphatic heterocycles. The molecular weight excluding hydrogens is 407 g/mol. The molecule has 1 amide bonds. The Morgan fingerprint density at radius 3 is 2.56 bits per heavy atom. The van der Waals surface area contributed by atoms with E-state index < -0.39 is 23.5 Å². The molecule has 6 heteroatoms. The lowest BCUT2D eigenvalue weighted by atomic mass is 9.89. The summed E-state index contributed by atoms with van der Waals surface area (Å²) in [6.45, 7) is 0. The molecule has 2 heterocycles. The number of hydrogen-bond donors (Lipinski definition) is 1. The number of aromatic nitrogens is 1. The van der Waals surface area contributed by atoms with Gasteiger partial charge in [0.25, 0.3) is 11.7 Å². The first-order valence-electron chi connectivity index (χ1n) is 10.6. The van der Waals surface area contributed by atoms with Gasteiger partial charge in [0.15, 0.2) is 0 Å². The van der Waals surface area contributed by atoms with Gasteiger partial charge in [-0.1, -0.05) is 24.3 Å². The third kappa shape index (κ3) is 3.38. The van der Waals surface area contributed by atoms with Crippen LogP contribution in [-0.4, -0.2) is 21.8 Å². The molecule has 1 N–H and O–H groups in total. The molecule has 0 spiro atoms. The lowest BCUT2D eigenvalue weighted by Crippen LogP contribution is -2.29. The number of rotatable bonds is 3. The highest BCUT2D eigenvalue weighted by Crippen LogP contribution is 2.42. The van der Waals surface area contributed by atoms with E-state index in [0.29, 0.717) is 11.1 Å². The molecule has 3 aromatic rings. The molecule has 1 saturated heterocycles. The molecule has 1 fully saturated rings. The Bertz CT molecular complexity index is 1250. The number of benzene rings is 2. The van der Waals surface area contributed by atoms with Crippen molar-refractivity contribution < 1.29 is 19.1 Å². The molecule has 5 rings (SSSR count). The predicted octanol–water partition coefficient (Wildman–Crippen LogP) is 4.73. The Morgan fingerprint density at radius 1 is 1.00 bits per heavy atom. The summed E-state index contributed by atoms with van der Waals surface area (Å²) in [5.74, 6) is -2.38. The van der Waals surface area contributed by atoms with Gasteiger partial charge in [0.05, 0.1) is 11.6 Å². The molecular formula is C26H21FN2O3. The summed E-state index contributed by atoms with van der Waals surface area (Å²) in [6, 6.07) is 13.7. The van der Waals surface area contributed by atoms with Crippen LogP contribution < -0.4 is 4.90 Å². The van der Waals surface area contributed by atoms with E-state index in [1.807, 2.05) is 12.1 Å². The standard InChI is InChI=1S/C26H21FN2O3/c27-20-8-3-9-21(14-20)29-23(19-7-4-12-28-15-19)22(25(31)26(29)32)24(30)18-11-10-16-5-1-2-6-17(16)13-18/h3-4,7-15,23,30H,1-2,5-6H2/b24-22-. The largest absolute Gasteiger partial charge is 0.507 e. The number of aliphatic hydroxyl groups is 1. The lowest BCUT2D eigenvalue weighted by molar-refractivity contribution is -0.132. The Kier molecular flexibility index (Phi) is 5.05. The third-order valence-electron chi connectivity index (χ3n) is 6.15. The Morgan fingerprint density at radius 2 is 1.81 bits per heavy atom. The van der Waals surface area contributed by atoms with Crippen LogP contribution in [0.15, 0.2) is 72.6 Å². The maximum atomic E-state index is 14.0. The minimum Gasteiger partial charge on any atom is -0.507 e. The van der Waals surface area contributed by atoms with Gasteiger partial charge in [-0.2, -0.15) is 0 Å². The molecule has 0 saturated carbocycles. The van der Waals surface area contributed by atoms with Gasteiger partial charge in [-0.25, -0.2) is 4.39 Å². The molecule has 32 heavy (non-hydrogen) atoms. The first-order valence-corrected chi connectivity index (χ1v) is 10.6. The van der Waals surface area contributed by atoms with Crippen molar-refractivity contribution in [3.8, 4) is 0 Å². The van der Waals surface area contributed by atoms with Crippen LogP contribution in [0.25, 0.3) is 5.76 Å². The number of carbonyl (C=O) groups is 2. The summed E-state index contributed by atoms with van der Waals surface area (Å²) >= 11 is 0. The number of pyridine rings is 1. The average molecular weight is 428 g/mol. The van der Waals surface area contributed by atoms with E-state index in [2.05, 4.69) is 4.98 Å². The first-order chi connectivity index (χ1) is 15.5. The molecule has 0 radical (unpaired) electrons. The molecule has 5 nitrogen and oxygen atoms in total. The number of aryl methyl sites for hydroxylation is 2. The van der Waals surface area contributed by atoms with Crippen LogP contribution in [0.2, 0.25) is 0 Å². The van der Waals surface area contributed by atoms with Crippen molar-refractivity contribution in [2.75, 3.05) is 4.90 Å². The summed E-state index contributed by atoms with van der Waals surface area (Å²) < 4.78 is 14.0. The zero-order valence-corrected chi connectivity index (χ0v) is 17.3. The molecule has 2 aromatic carbocycles. The van der Waals surface area contributed by atoms with Crippen molar-refractivity contribution in [2.45, 2.75) is 31.7 Å². The van der Waals surface area contributed by atoms with E-state index in [1.165, 1.54) is 28.7 Å². The monoisotopic (exact) mass is 428 g/mol. The predicted molar refractivity (Wildman–Crippen MR) is 119 cm³/mol. The van der Waals surface area contributed by atoms with Crippen LogP contribution in [0.5, 0.6) is 0 Å². The fourth-order valence-electron chi connectivity index (χ4n) is 4.61. The van der Waals surface area contributed by atoms with Gasteiger partial charge in [0, 0.05) is 23.6 Å².